The quantitative estimate of drug-likeness (QED) is 0.221. The summed E-state index contributed by atoms with van der Waals surface area (Å²) in [6.07, 6.45) is 0. The number of carbonyl (C=O) groups excluding carboxylic acids is 6. The molecular weight excluding hydrogens is 558 g/mol. The van der Waals surface area contributed by atoms with E-state index in [1.54, 1.807) is 0 Å². The zero-order valence-electron chi connectivity index (χ0n) is 22.1. The van der Waals surface area contributed by atoms with E-state index in [1.807, 2.05) is 0 Å². The third-order valence-corrected chi connectivity index (χ3v) is 0. The van der Waals surface area contributed by atoms with Crippen LogP contribution in [0.5, 0.6) is 0 Å². The Morgan fingerprint density at radius 3 is 0.316 bits per heavy atom. The Morgan fingerprint density at radius 1 is 0.316 bits per heavy atom. The standard InChI is InChI=1S/9C2H4O2.2Al/c9*1-2(3)4;;/h9*1H3,(H,3,4);;/q;;;;;;;;;2*+3/p-6. The first-order chi connectivity index (χ1) is 15.6. The van der Waals surface area contributed by atoms with E-state index in [4.69, 9.17) is 89.1 Å². The van der Waals surface area contributed by atoms with Crippen molar-refractivity contribution in [1.82, 2.24) is 0 Å². The molecule has 38 heavy (non-hydrogen) atoms. The number of rotatable bonds is 0. The third kappa shape index (κ3) is 2300. The van der Waals surface area contributed by atoms with Crippen molar-refractivity contribution in [3.8, 4) is 0 Å². The normalized spacial score (nSPS) is 5.92. The molecule has 0 aliphatic rings. The summed E-state index contributed by atoms with van der Waals surface area (Å²) in [5, 5.41) is 75.6. The van der Waals surface area contributed by atoms with E-state index in [-0.39, 0.29) is 34.7 Å². The number of carboxylic acid groups (broad SMARTS) is 9. The summed E-state index contributed by atoms with van der Waals surface area (Å²) in [6.45, 7) is 9.08. The molecule has 0 bridgehead atoms. The summed E-state index contributed by atoms with van der Waals surface area (Å²) in [7, 11) is 0. The Morgan fingerprint density at radius 2 is 0.316 bits per heavy atom. The fraction of sp³-hybridized carbons (Fsp3) is 0.500. The number of carbonyl (C=O) groups is 9. The van der Waals surface area contributed by atoms with Gasteiger partial charge in [0.15, 0.2) is 0 Å². The van der Waals surface area contributed by atoms with E-state index in [1.165, 1.54) is 0 Å². The van der Waals surface area contributed by atoms with Gasteiger partial charge in [-0.3, -0.25) is 14.4 Å². The Labute approximate surface area is 239 Å². The molecule has 18 nitrogen and oxygen atoms in total. The molecule has 20 heteroatoms. The molecule has 0 saturated carbocycles. The molecular formula is C18H30Al2O18. The van der Waals surface area contributed by atoms with Gasteiger partial charge in [0.2, 0.25) is 0 Å². The van der Waals surface area contributed by atoms with Crippen LogP contribution in [0.3, 0.4) is 0 Å². The Balaban J connectivity index is -0.0000000238. The maximum atomic E-state index is 9.00. The van der Waals surface area contributed by atoms with Gasteiger partial charge in [0, 0.05) is 56.6 Å². The molecule has 0 aromatic heterocycles. The van der Waals surface area contributed by atoms with Crippen LogP contribution in [0, 0.1) is 0 Å². The van der Waals surface area contributed by atoms with Crippen LogP contribution in [0.2, 0.25) is 0 Å². The van der Waals surface area contributed by atoms with Crippen molar-refractivity contribution in [1.29, 1.82) is 0 Å². The molecule has 0 rings (SSSR count). The van der Waals surface area contributed by atoms with Crippen LogP contribution in [-0.4, -0.2) is 104 Å². The fourth-order valence-electron chi connectivity index (χ4n) is 0. The van der Waals surface area contributed by atoms with Gasteiger partial charge in [0.1, 0.15) is 0 Å². The van der Waals surface area contributed by atoms with E-state index in [0.717, 1.165) is 62.3 Å². The fourth-order valence-corrected chi connectivity index (χ4v) is 0. The summed E-state index contributed by atoms with van der Waals surface area (Å²) >= 11 is 0. The van der Waals surface area contributed by atoms with Crippen LogP contribution in [0.25, 0.3) is 0 Å². The molecule has 0 spiro atoms. The molecule has 0 aliphatic carbocycles. The molecule has 0 aromatic carbocycles. The van der Waals surface area contributed by atoms with Crippen LogP contribution in [0.4, 0.5) is 0 Å². The van der Waals surface area contributed by atoms with Crippen LogP contribution < -0.4 is 30.6 Å². The van der Waals surface area contributed by atoms with E-state index >= 15 is 0 Å². The van der Waals surface area contributed by atoms with Crippen molar-refractivity contribution in [3.63, 3.8) is 0 Å². The van der Waals surface area contributed by atoms with Crippen molar-refractivity contribution in [3.05, 3.63) is 0 Å². The average Bonchev–Trinajstić information content (AvgIpc) is 2.39. The minimum absolute atomic E-state index is 0. The average molecular weight is 588 g/mol. The second-order valence-corrected chi connectivity index (χ2v) is 4.51. The summed E-state index contributed by atoms with van der Waals surface area (Å²) in [4.78, 5) is 80.3. The molecule has 0 fully saturated rings. The number of carboxylic acids is 9. The van der Waals surface area contributed by atoms with Gasteiger partial charge in [0.05, 0.1) is 0 Å². The summed E-state index contributed by atoms with van der Waals surface area (Å²) in [6, 6.07) is 0. The number of aliphatic carboxylic acids is 9. The maximum Gasteiger partial charge on any atom is 3.00 e. The molecule has 0 radical (unpaired) electrons. The Hall–Kier alpha value is -3.71. The zero-order valence-corrected chi connectivity index (χ0v) is 24.4. The topological polar surface area (TPSA) is 353 Å². The van der Waals surface area contributed by atoms with Gasteiger partial charge in [-0.25, -0.2) is 0 Å². The summed E-state index contributed by atoms with van der Waals surface area (Å²) < 4.78 is 0. The largest absolute Gasteiger partial charge is 3.00 e. The van der Waals surface area contributed by atoms with Crippen LogP contribution in [-0.2, 0) is 43.2 Å². The molecule has 0 heterocycles. The Bertz CT molecular complexity index is 426. The molecule has 0 amide bonds. The molecule has 216 valence electrons. The van der Waals surface area contributed by atoms with Gasteiger partial charge in [-0.2, -0.15) is 0 Å². The van der Waals surface area contributed by atoms with Crippen LogP contribution >= 0.6 is 0 Å². The van der Waals surface area contributed by atoms with E-state index < -0.39 is 53.7 Å². The SMILES string of the molecule is CC(=O)O.CC(=O)O.CC(=O)O.CC(=O)[O-].CC(=O)[O-].CC(=O)[O-].CC(=O)[O-].CC(=O)[O-].CC(=O)[O-].[Al+3].[Al+3]. The van der Waals surface area contributed by atoms with Crippen molar-refractivity contribution in [2.75, 3.05) is 0 Å². The molecule has 0 aromatic rings. The van der Waals surface area contributed by atoms with Gasteiger partial charge in [-0.1, -0.05) is 0 Å². The number of hydrogen-bond acceptors (Lipinski definition) is 15. The first-order valence-electron chi connectivity index (χ1n) is 8.23. The van der Waals surface area contributed by atoms with Gasteiger partial charge in [0.25, 0.3) is 17.9 Å². The van der Waals surface area contributed by atoms with Gasteiger partial charge in [-0.15, -0.1) is 0 Å². The zero-order chi connectivity index (χ0) is 32.2. The predicted octanol–water partition coefficient (Wildman–Crippen LogP) is -7.95. The second kappa shape index (κ2) is 64.0. The van der Waals surface area contributed by atoms with Crippen LogP contribution in [0.1, 0.15) is 62.3 Å². The smallest absolute Gasteiger partial charge is 0.550 e. The molecule has 3 N–H and O–H groups in total. The number of hydrogen-bond donors (Lipinski definition) is 3. The second-order valence-electron chi connectivity index (χ2n) is 4.51. The van der Waals surface area contributed by atoms with Gasteiger partial charge in [-0.05, 0) is 41.5 Å². The van der Waals surface area contributed by atoms with Crippen molar-refractivity contribution in [2.24, 2.45) is 0 Å². The molecule has 0 aliphatic heterocycles. The van der Waals surface area contributed by atoms with Crippen LogP contribution in [0.15, 0.2) is 0 Å². The molecule has 0 saturated heterocycles. The molecule has 0 unspecified atom stereocenters. The maximum absolute atomic E-state index is 9.00. The van der Waals surface area contributed by atoms with Crippen molar-refractivity contribution in [2.45, 2.75) is 62.3 Å². The third-order valence-electron chi connectivity index (χ3n) is 0. The van der Waals surface area contributed by atoms with Gasteiger partial charge < -0.3 is 74.7 Å². The predicted molar refractivity (Wildman–Crippen MR) is 116 cm³/mol. The van der Waals surface area contributed by atoms with E-state index in [9.17, 15) is 0 Å². The summed E-state index contributed by atoms with van der Waals surface area (Å²) in [5.41, 5.74) is 0. The monoisotopic (exact) mass is 588 g/mol. The summed E-state index contributed by atoms with van der Waals surface area (Å²) in [5.74, 6) is -9.00. The Kier molecular flexibility index (Phi) is 118. The van der Waals surface area contributed by atoms with Crippen molar-refractivity contribution < 1.29 is 89.1 Å². The first-order valence-corrected chi connectivity index (χ1v) is 8.23. The van der Waals surface area contributed by atoms with Gasteiger partial charge >= 0.3 is 34.7 Å². The van der Waals surface area contributed by atoms with E-state index in [2.05, 4.69) is 0 Å². The first kappa shape index (κ1) is 70.1. The van der Waals surface area contributed by atoms with Crippen molar-refractivity contribution >= 4 is 88.4 Å². The van der Waals surface area contributed by atoms with E-state index in [0.29, 0.717) is 0 Å². The molecule has 0 atom stereocenters. The minimum Gasteiger partial charge on any atom is -0.550 e. The minimum atomic E-state index is -1.08.